The molecule has 1 amide bonds. The molecular formula is C13H12FN3O3S. The number of hydrogen-bond acceptors (Lipinski definition) is 5. The van der Waals surface area contributed by atoms with Gasteiger partial charge in [-0.25, -0.2) is 4.39 Å². The van der Waals surface area contributed by atoms with Crippen molar-refractivity contribution >= 4 is 33.6 Å². The van der Waals surface area contributed by atoms with Crippen molar-refractivity contribution in [2.24, 2.45) is 0 Å². The molecule has 0 aliphatic rings. The van der Waals surface area contributed by atoms with Crippen molar-refractivity contribution in [1.29, 1.82) is 0 Å². The number of nitro groups is 1. The third kappa shape index (κ3) is 3.99. The number of nitrogens with zero attached hydrogens (tertiary/aromatic N) is 1. The fraction of sp³-hybridized carbons (Fsp3) is 0.154. The lowest BCUT2D eigenvalue weighted by molar-refractivity contribution is -0.380. The van der Waals surface area contributed by atoms with Crippen LogP contribution in [0.3, 0.4) is 0 Å². The minimum atomic E-state index is -0.526. The average molecular weight is 309 g/mol. The van der Waals surface area contributed by atoms with Gasteiger partial charge in [0.25, 0.3) is 0 Å². The zero-order valence-corrected chi connectivity index (χ0v) is 11.9. The monoisotopic (exact) mass is 309 g/mol. The highest BCUT2D eigenvalue weighted by Gasteiger charge is 2.10. The maximum atomic E-state index is 13.5. The van der Waals surface area contributed by atoms with E-state index in [2.05, 4.69) is 10.6 Å². The van der Waals surface area contributed by atoms with Gasteiger partial charge in [0.1, 0.15) is 5.82 Å². The Morgan fingerprint density at radius 1 is 1.43 bits per heavy atom. The Bertz CT molecular complexity index is 687. The number of nitrogens with one attached hydrogen (secondary N) is 2. The summed E-state index contributed by atoms with van der Waals surface area (Å²) in [6, 6.07) is 5.72. The molecule has 0 unspecified atom stereocenters. The van der Waals surface area contributed by atoms with Crippen LogP contribution >= 0.6 is 11.3 Å². The number of carbonyl (C=O) groups is 1. The molecule has 21 heavy (non-hydrogen) atoms. The second-order valence-electron chi connectivity index (χ2n) is 4.28. The van der Waals surface area contributed by atoms with Crippen LogP contribution in [0.1, 0.15) is 12.5 Å². The molecule has 0 bridgehead atoms. The van der Waals surface area contributed by atoms with Crippen molar-refractivity contribution in [2.45, 2.75) is 13.5 Å². The van der Waals surface area contributed by atoms with Crippen molar-refractivity contribution in [1.82, 2.24) is 0 Å². The third-order valence-corrected chi connectivity index (χ3v) is 3.52. The molecular weight excluding hydrogens is 297 g/mol. The molecule has 0 aliphatic carbocycles. The van der Waals surface area contributed by atoms with Crippen LogP contribution in [0.25, 0.3) is 0 Å². The minimum absolute atomic E-state index is 0.0739. The Kier molecular flexibility index (Phi) is 4.49. The van der Waals surface area contributed by atoms with Gasteiger partial charge in [-0.15, -0.1) is 0 Å². The zero-order valence-electron chi connectivity index (χ0n) is 11.1. The Morgan fingerprint density at radius 3 is 2.81 bits per heavy atom. The van der Waals surface area contributed by atoms with Gasteiger partial charge in [0.15, 0.2) is 0 Å². The lowest BCUT2D eigenvalue weighted by atomic mass is 10.2. The molecule has 0 radical (unpaired) electrons. The largest absolute Gasteiger partial charge is 0.381 e. The molecule has 0 saturated heterocycles. The lowest BCUT2D eigenvalue weighted by Gasteiger charge is -2.09. The van der Waals surface area contributed by atoms with E-state index in [1.54, 1.807) is 5.38 Å². The molecule has 0 saturated carbocycles. The maximum Gasteiger partial charge on any atom is 0.324 e. The van der Waals surface area contributed by atoms with E-state index >= 15 is 0 Å². The number of halogens is 1. The standard InChI is InChI=1S/C13H12FN3O3S/c1-8(18)16-12-5-10(2-3-11(12)14)15-6-9-4-13(17(19)20)21-7-9/h2-5,7,15H,6H2,1H3,(H,16,18). The van der Waals surface area contributed by atoms with E-state index in [9.17, 15) is 19.3 Å². The highest BCUT2D eigenvalue weighted by atomic mass is 32.1. The Morgan fingerprint density at radius 2 is 2.19 bits per heavy atom. The fourth-order valence-corrected chi connectivity index (χ4v) is 2.40. The second kappa shape index (κ2) is 6.31. The molecule has 8 heteroatoms. The highest BCUT2D eigenvalue weighted by Crippen LogP contribution is 2.24. The molecule has 0 atom stereocenters. The van der Waals surface area contributed by atoms with Gasteiger partial charge >= 0.3 is 5.00 Å². The van der Waals surface area contributed by atoms with Crippen molar-refractivity contribution in [3.63, 3.8) is 0 Å². The normalized spacial score (nSPS) is 10.2. The first-order chi connectivity index (χ1) is 9.95. The maximum absolute atomic E-state index is 13.5. The average Bonchev–Trinajstić information content (AvgIpc) is 2.88. The first-order valence-corrected chi connectivity index (χ1v) is 6.86. The number of benzene rings is 1. The van der Waals surface area contributed by atoms with Gasteiger partial charge in [-0.3, -0.25) is 14.9 Å². The van der Waals surface area contributed by atoms with E-state index in [0.29, 0.717) is 12.2 Å². The molecule has 110 valence electrons. The third-order valence-electron chi connectivity index (χ3n) is 2.59. The topological polar surface area (TPSA) is 84.3 Å². The first kappa shape index (κ1) is 14.9. The van der Waals surface area contributed by atoms with Crippen LogP contribution in [-0.2, 0) is 11.3 Å². The van der Waals surface area contributed by atoms with Gasteiger partial charge in [-0.05, 0) is 23.8 Å². The van der Waals surface area contributed by atoms with Crippen LogP contribution in [-0.4, -0.2) is 10.8 Å². The van der Waals surface area contributed by atoms with Crippen molar-refractivity contribution < 1.29 is 14.1 Å². The van der Waals surface area contributed by atoms with Gasteiger partial charge in [0.2, 0.25) is 5.91 Å². The molecule has 1 aromatic heterocycles. The van der Waals surface area contributed by atoms with Crippen LogP contribution in [0, 0.1) is 15.9 Å². The van der Waals surface area contributed by atoms with E-state index < -0.39 is 10.7 Å². The SMILES string of the molecule is CC(=O)Nc1cc(NCc2csc([N+](=O)[O-])c2)ccc1F. The summed E-state index contributed by atoms with van der Waals surface area (Å²) in [4.78, 5) is 21.1. The predicted molar refractivity (Wildman–Crippen MR) is 79.0 cm³/mol. The van der Waals surface area contributed by atoms with E-state index in [1.165, 1.54) is 31.2 Å². The molecule has 0 spiro atoms. The van der Waals surface area contributed by atoms with Crippen LogP contribution in [0.4, 0.5) is 20.8 Å². The van der Waals surface area contributed by atoms with Crippen LogP contribution in [0.15, 0.2) is 29.6 Å². The highest BCUT2D eigenvalue weighted by molar-refractivity contribution is 7.13. The Hall–Kier alpha value is -2.48. The lowest BCUT2D eigenvalue weighted by Crippen LogP contribution is -2.08. The number of amides is 1. The molecule has 2 N–H and O–H groups in total. The number of anilines is 2. The van der Waals surface area contributed by atoms with Gasteiger partial charge in [0.05, 0.1) is 10.6 Å². The molecule has 0 fully saturated rings. The van der Waals surface area contributed by atoms with Gasteiger partial charge in [-0.2, -0.15) is 0 Å². The summed E-state index contributed by atoms with van der Waals surface area (Å²) in [5, 5.41) is 17.8. The fourth-order valence-electron chi connectivity index (χ4n) is 1.68. The quantitative estimate of drug-likeness (QED) is 0.655. The van der Waals surface area contributed by atoms with E-state index in [4.69, 9.17) is 0 Å². The Labute approximate surface area is 123 Å². The summed E-state index contributed by atoms with van der Waals surface area (Å²) >= 11 is 1.05. The van der Waals surface area contributed by atoms with Crippen molar-refractivity contribution in [3.8, 4) is 0 Å². The first-order valence-electron chi connectivity index (χ1n) is 5.98. The van der Waals surface area contributed by atoms with Crippen LogP contribution in [0.2, 0.25) is 0 Å². The number of thiophene rings is 1. The van der Waals surface area contributed by atoms with Gasteiger partial charge in [0, 0.05) is 30.6 Å². The summed E-state index contributed by atoms with van der Waals surface area (Å²) in [6.07, 6.45) is 0. The predicted octanol–water partition coefficient (Wildman–Crippen LogP) is 3.37. The van der Waals surface area contributed by atoms with Crippen LogP contribution in [0.5, 0.6) is 0 Å². The smallest absolute Gasteiger partial charge is 0.324 e. The number of rotatable bonds is 5. The molecule has 1 heterocycles. The van der Waals surface area contributed by atoms with E-state index in [0.717, 1.165) is 16.9 Å². The minimum Gasteiger partial charge on any atom is -0.381 e. The number of hydrogen-bond donors (Lipinski definition) is 2. The number of carbonyl (C=O) groups excluding carboxylic acids is 1. The van der Waals surface area contributed by atoms with Crippen molar-refractivity contribution in [2.75, 3.05) is 10.6 Å². The van der Waals surface area contributed by atoms with Crippen molar-refractivity contribution in [3.05, 3.63) is 51.1 Å². The summed E-state index contributed by atoms with van der Waals surface area (Å²) in [7, 11) is 0. The van der Waals surface area contributed by atoms with E-state index in [1.807, 2.05) is 0 Å². The second-order valence-corrected chi connectivity index (χ2v) is 5.17. The summed E-state index contributed by atoms with van der Waals surface area (Å²) in [6.45, 7) is 1.67. The molecule has 6 nitrogen and oxygen atoms in total. The van der Waals surface area contributed by atoms with Gasteiger partial charge in [-0.1, -0.05) is 11.3 Å². The summed E-state index contributed by atoms with van der Waals surface area (Å²) in [5.74, 6) is -0.888. The Balaban J connectivity index is 2.05. The molecule has 0 aliphatic heterocycles. The van der Waals surface area contributed by atoms with E-state index in [-0.39, 0.29) is 16.6 Å². The van der Waals surface area contributed by atoms with Crippen LogP contribution < -0.4 is 10.6 Å². The molecule has 2 rings (SSSR count). The zero-order chi connectivity index (χ0) is 15.4. The molecule has 2 aromatic rings. The molecule has 1 aromatic carbocycles. The summed E-state index contributed by atoms with van der Waals surface area (Å²) < 4.78 is 13.5. The summed E-state index contributed by atoms with van der Waals surface area (Å²) in [5.41, 5.74) is 1.45. The van der Waals surface area contributed by atoms with Gasteiger partial charge < -0.3 is 10.6 Å².